The molecule has 0 aliphatic carbocycles. The predicted octanol–water partition coefficient (Wildman–Crippen LogP) is 4.51. The van der Waals surface area contributed by atoms with Crippen molar-refractivity contribution in [2.45, 2.75) is 5.75 Å². The molecule has 168 valence electrons. The lowest BCUT2D eigenvalue weighted by Crippen LogP contribution is -2.15. The third-order valence-electron chi connectivity index (χ3n) is 4.35. The van der Waals surface area contributed by atoms with E-state index in [0.29, 0.717) is 22.5 Å². The molecule has 0 fully saturated rings. The lowest BCUT2D eigenvalue weighted by atomic mass is 10.1. The summed E-state index contributed by atoms with van der Waals surface area (Å²) in [6.45, 7) is 0. The Morgan fingerprint density at radius 1 is 1.09 bits per heavy atom. The molecule has 0 spiro atoms. The summed E-state index contributed by atoms with van der Waals surface area (Å²) >= 11 is 1.14. The van der Waals surface area contributed by atoms with Gasteiger partial charge in [0.2, 0.25) is 10.0 Å². The first-order valence-electron chi connectivity index (χ1n) is 9.45. The minimum atomic E-state index is -3.62. The first-order valence-corrected chi connectivity index (χ1v) is 12.0. The van der Waals surface area contributed by atoms with Crippen LogP contribution in [0.2, 0.25) is 0 Å². The van der Waals surface area contributed by atoms with Gasteiger partial charge in [-0.05, 0) is 23.8 Å². The van der Waals surface area contributed by atoms with Crippen LogP contribution in [-0.2, 0) is 15.8 Å². The lowest BCUT2D eigenvalue weighted by molar-refractivity contribution is -0.402. The molecule has 2 aromatic carbocycles. The molecule has 0 saturated carbocycles. The summed E-state index contributed by atoms with van der Waals surface area (Å²) in [6.07, 6.45) is 0. The van der Waals surface area contributed by atoms with Crippen molar-refractivity contribution in [2.24, 2.45) is 0 Å². The predicted molar refractivity (Wildman–Crippen MR) is 124 cm³/mol. The van der Waals surface area contributed by atoms with E-state index < -0.39 is 26.7 Å². The van der Waals surface area contributed by atoms with Crippen LogP contribution in [0.1, 0.15) is 16.1 Å². The molecule has 4 rings (SSSR count). The number of hydrogen-bond acceptors (Lipinski definition) is 8. The van der Waals surface area contributed by atoms with Gasteiger partial charge in [-0.2, -0.15) is 0 Å². The molecular formula is C21H16N4O6S2. The number of rotatable bonds is 8. The maximum atomic E-state index is 12.5. The number of furan rings is 1. The summed E-state index contributed by atoms with van der Waals surface area (Å²) in [4.78, 5) is 26.5. The van der Waals surface area contributed by atoms with Crippen LogP contribution in [0.3, 0.4) is 0 Å². The molecular weight excluding hydrogens is 468 g/mol. The average Bonchev–Trinajstić information content (AvgIpc) is 3.44. The highest BCUT2D eigenvalue weighted by Gasteiger charge is 2.19. The van der Waals surface area contributed by atoms with Crippen LogP contribution in [0.25, 0.3) is 11.3 Å². The monoisotopic (exact) mass is 484 g/mol. The number of carbonyl (C=O) groups excluding carboxylic acids is 1. The Morgan fingerprint density at radius 3 is 2.61 bits per heavy atom. The first kappa shape index (κ1) is 22.2. The van der Waals surface area contributed by atoms with Crippen molar-refractivity contribution in [1.82, 2.24) is 4.98 Å². The zero-order valence-electron chi connectivity index (χ0n) is 16.8. The largest absolute Gasteiger partial charge is 0.433 e. The van der Waals surface area contributed by atoms with E-state index in [4.69, 9.17) is 4.42 Å². The molecule has 4 aromatic rings. The standard InChI is InChI=1S/C21H16N4O6S2/c26-20(18-9-10-19(31-18)25(27)28)23-21-22-17(12-32-21)15-7-4-8-16(11-15)24-33(29,30)13-14-5-2-1-3-6-14/h1-12,24H,13H2,(H,22,23,26). The number of amides is 1. The van der Waals surface area contributed by atoms with E-state index in [1.807, 2.05) is 6.07 Å². The van der Waals surface area contributed by atoms with Crippen LogP contribution in [0.4, 0.5) is 16.7 Å². The average molecular weight is 485 g/mol. The van der Waals surface area contributed by atoms with E-state index in [9.17, 15) is 23.3 Å². The molecule has 0 saturated heterocycles. The molecule has 12 heteroatoms. The van der Waals surface area contributed by atoms with Crippen LogP contribution in [0, 0.1) is 10.1 Å². The van der Waals surface area contributed by atoms with Gasteiger partial charge in [0.15, 0.2) is 10.9 Å². The number of anilines is 2. The molecule has 1 amide bonds. The van der Waals surface area contributed by atoms with Crippen molar-refractivity contribution in [3.8, 4) is 11.3 Å². The second-order valence-corrected chi connectivity index (χ2v) is 9.39. The van der Waals surface area contributed by atoms with Crippen molar-refractivity contribution >= 4 is 44.0 Å². The first-order chi connectivity index (χ1) is 15.8. The van der Waals surface area contributed by atoms with Crippen molar-refractivity contribution in [1.29, 1.82) is 0 Å². The number of hydrogen-bond donors (Lipinski definition) is 2. The van der Waals surface area contributed by atoms with Gasteiger partial charge < -0.3 is 4.42 Å². The number of carbonyl (C=O) groups is 1. The molecule has 0 aliphatic rings. The number of aromatic nitrogens is 1. The van der Waals surface area contributed by atoms with Gasteiger partial charge in [0.1, 0.15) is 4.92 Å². The fourth-order valence-electron chi connectivity index (χ4n) is 2.92. The Balaban J connectivity index is 1.45. The number of nitrogens with zero attached hydrogens (tertiary/aromatic N) is 2. The van der Waals surface area contributed by atoms with Crippen molar-refractivity contribution in [3.05, 3.63) is 93.5 Å². The fraction of sp³-hybridized carbons (Fsp3) is 0.0476. The number of thiazole rings is 1. The highest BCUT2D eigenvalue weighted by Crippen LogP contribution is 2.28. The Morgan fingerprint density at radius 2 is 1.88 bits per heavy atom. The molecule has 0 atom stereocenters. The van der Waals surface area contributed by atoms with Crippen molar-refractivity contribution in [3.63, 3.8) is 0 Å². The van der Waals surface area contributed by atoms with E-state index >= 15 is 0 Å². The van der Waals surface area contributed by atoms with Gasteiger partial charge in [-0.1, -0.05) is 42.5 Å². The van der Waals surface area contributed by atoms with E-state index in [-0.39, 0.29) is 16.6 Å². The summed E-state index contributed by atoms with van der Waals surface area (Å²) in [5, 5.41) is 15.2. The zero-order chi connectivity index (χ0) is 23.4. The highest BCUT2D eigenvalue weighted by molar-refractivity contribution is 7.91. The zero-order valence-corrected chi connectivity index (χ0v) is 18.4. The van der Waals surface area contributed by atoms with E-state index in [1.165, 1.54) is 6.07 Å². The highest BCUT2D eigenvalue weighted by atomic mass is 32.2. The summed E-state index contributed by atoms with van der Waals surface area (Å²) < 4.78 is 32.4. The van der Waals surface area contributed by atoms with E-state index in [1.54, 1.807) is 53.9 Å². The summed E-state index contributed by atoms with van der Waals surface area (Å²) in [5.74, 6) is -1.58. The quantitative estimate of drug-likeness (QED) is 0.276. The number of nitrogens with one attached hydrogen (secondary N) is 2. The van der Waals surface area contributed by atoms with Gasteiger partial charge >= 0.3 is 5.88 Å². The third kappa shape index (κ3) is 5.61. The lowest BCUT2D eigenvalue weighted by Gasteiger charge is -2.09. The van der Waals surface area contributed by atoms with Gasteiger partial charge in [0, 0.05) is 16.6 Å². The smallest absolute Gasteiger partial charge is 0.395 e. The Hall–Kier alpha value is -4.03. The molecule has 0 radical (unpaired) electrons. The Bertz CT molecular complexity index is 1410. The summed E-state index contributed by atoms with van der Waals surface area (Å²) in [5.41, 5.74) is 2.21. The van der Waals surface area contributed by atoms with Gasteiger partial charge in [0.05, 0.1) is 17.5 Å². The fourth-order valence-corrected chi connectivity index (χ4v) is 4.83. The molecule has 2 heterocycles. The Kier molecular flexibility index (Phi) is 6.20. The van der Waals surface area contributed by atoms with Crippen molar-refractivity contribution < 1.29 is 22.6 Å². The van der Waals surface area contributed by atoms with Crippen LogP contribution < -0.4 is 10.0 Å². The SMILES string of the molecule is O=C(Nc1nc(-c2cccc(NS(=O)(=O)Cc3ccccc3)c2)cs1)c1ccc([N+](=O)[O-])o1. The maximum Gasteiger partial charge on any atom is 0.433 e. The number of sulfonamides is 1. The van der Waals surface area contributed by atoms with Crippen LogP contribution in [-0.4, -0.2) is 24.2 Å². The molecule has 33 heavy (non-hydrogen) atoms. The second kappa shape index (κ2) is 9.22. The minimum Gasteiger partial charge on any atom is -0.395 e. The van der Waals surface area contributed by atoms with Gasteiger partial charge in [0.25, 0.3) is 5.91 Å². The number of nitro groups is 1. The van der Waals surface area contributed by atoms with Crippen LogP contribution >= 0.6 is 11.3 Å². The van der Waals surface area contributed by atoms with Gasteiger partial charge in [-0.15, -0.1) is 11.3 Å². The molecule has 10 nitrogen and oxygen atoms in total. The van der Waals surface area contributed by atoms with Gasteiger partial charge in [-0.3, -0.25) is 24.9 Å². The second-order valence-electron chi connectivity index (χ2n) is 6.81. The third-order valence-corrected chi connectivity index (χ3v) is 6.37. The molecule has 0 unspecified atom stereocenters. The van der Waals surface area contributed by atoms with E-state index in [0.717, 1.165) is 17.4 Å². The normalized spacial score (nSPS) is 11.2. The maximum absolute atomic E-state index is 12.5. The van der Waals surface area contributed by atoms with E-state index in [2.05, 4.69) is 15.0 Å². The molecule has 2 aromatic heterocycles. The topological polar surface area (TPSA) is 144 Å². The number of benzene rings is 2. The van der Waals surface area contributed by atoms with Crippen molar-refractivity contribution in [2.75, 3.05) is 10.0 Å². The summed E-state index contributed by atoms with van der Waals surface area (Å²) in [6, 6.07) is 17.8. The molecule has 2 N–H and O–H groups in total. The summed E-state index contributed by atoms with van der Waals surface area (Å²) in [7, 11) is -3.62. The Labute approximate surface area is 192 Å². The van der Waals surface area contributed by atoms with Crippen LogP contribution in [0.5, 0.6) is 0 Å². The molecule has 0 aliphatic heterocycles. The van der Waals surface area contributed by atoms with Crippen LogP contribution in [0.15, 0.2) is 76.5 Å². The molecule has 0 bridgehead atoms. The van der Waals surface area contributed by atoms with Gasteiger partial charge in [-0.25, -0.2) is 13.4 Å². The minimum absolute atomic E-state index is 0.157.